The molecule has 0 aliphatic carbocycles. The van der Waals surface area contributed by atoms with Gasteiger partial charge in [0.2, 0.25) is 0 Å². The van der Waals surface area contributed by atoms with Gasteiger partial charge in [-0.1, -0.05) is 11.6 Å². The summed E-state index contributed by atoms with van der Waals surface area (Å²) in [7, 11) is 0. The fraction of sp³-hybridized carbons (Fsp3) is 0.263. The first-order valence-electron chi connectivity index (χ1n) is 8.55. The van der Waals surface area contributed by atoms with Crippen molar-refractivity contribution < 1.29 is 36.6 Å². The normalized spacial score (nSPS) is 12.3. The Bertz CT molecular complexity index is 912. The predicted molar refractivity (Wildman–Crippen MR) is 100 cm³/mol. The molecule has 0 heterocycles. The maximum Gasteiger partial charge on any atom is 0.416 e. The molecule has 162 valence electrons. The van der Waals surface area contributed by atoms with Gasteiger partial charge in [0, 0.05) is 0 Å². The molecule has 0 spiro atoms. The van der Waals surface area contributed by atoms with Crippen molar-refractivity contribution in [3.05, 3.63) is 52.8 Å². The average Bonchev–Trinajstić information content (AvgIpc) is 2.68. The Morgan fingerprint density at radius 1 is 1.20 bits per heavy atom. The van der Waals surface area contributed by atoms with Crippen LogP contribution in [-0.4, -0.2) is 18.5 Å². The van der Waals surface area contributed by atoms with Crippen LogP contribution in [0.2, 0.25) is 5.02 Å². The monoisotopic (exact) mass is 448 g/mol. The van der Waals surface area contributed by atoms with E-state index in [1.165, 1.54) is 31.2 Å². The molecule has 0 aliphatic heterocycles. The zero-order valence-corrected chi connectivity index (χ0v) is 16.6. The minimum Gasteiger partial charge on any atom is -0.465 e. The second kappa shape index (κ2) is 9.31. The fourth-order valence-electron chi connectivity index (χ4n) is 2.32. The Morgan fingerprint density at radius 2 is 1.80 bits per heavy atom. The lowest BCUT2D eigenvalue weighted by atomic mass is 10.1. The van der Waals surface area contributed by atoms with Gasteiger partial charge in [-0.05, 0) is 50.2 Å². The molecule has 1 amide bonds. The number of halogens is 5. The van der Waals surface area contributed by atoms with Crippen LogP contribution in [0, 0.1) is 11.7 Å². The zero-order valence-electron chi connectivity index (χ0n) is 15.8. The molecule has 2 aromatic carbocycles. The summed E-state index contributed by atoms with van der Waals surface area (Å²) in [6, 6.07) is 6.08. The molecular formula is C19H17ClF4N2O4. The standard InChI is InChI=1S/C19H17ClF4N2O4/c1-3-29-18(28)10(2)17(27)26(25)12-4-6-13(7-5-12)30-16-14(20)8-11(9-15(16)21)19(22,23)24/h4-10H,3,25H2,1-2H3. The lowest BCUT2D eigenvalue weighted by molar-refractivity contribution is -0.150. The van der Waals surface area contributed by atoms with Crippen molar-refractivity contribution in [2.45, 2.75) is 20.0 Å². The topological polar surface area (TPSA) is 81.9 Å². The van der Waals surface area contributed by atoms with E-state index in [9.17, 15) is 27.2 Å². The predicted octanol–water partition coefficient (Wildman–Crippen LogP) is 4.70. The Morgan fingerprint density at radius 3 is 2.30 bits per heavy atom. The molecule has 0 bridgehead atoms. The molecule has 6 nitrogen and oxygen atoms in total. The summed E-state index contributed by atoms with van der Waals surface area (Å²) in [6.45, 7) is 3.04. The van der Waals surface area contributed by atoms with Crippen molar-refractivity contribution in [2.24, 2.45) is 11.8 Å². The summed E-state index contributed by atoms with van der Waals surface area (Å²) in [5.41, 5.74) is -1.07. The van der Waals surface area contributed by atoms with Crippen LogP contribution in [0.25, 0.3) is 0 Å². The van der Waals surface area contributed by atoms with Crippen LogP contribution in [0.5, 0.6) is 11.5 Å². The largest absolute Gasteiger partial charge is 0.465 e. The Kier molecular flexibility index (Phi) is 7.27. The Balaban J connectivity index is 2.17. The van der Waals surface area contributed by atoms with E-state index in [-0.39, 0.29) is 24.1 Å². The number of hydrazine groups is 1. The summed E-state index contributed by atoms with van der Waals surface area (Å²) in [5, 5.41) is 0.169. The van der Waals surface area contributed by atoms with Crippen molar-refractivity contribution in [3.63, 3.8) is 0 Å². The third kappa shape index (κ3) is 5.39. The first-order valence-corrected chi connectivity index (χ1v) is 8.93. The van der Waals surface area contributed by atoms with E-state index < -0.39 is 46.1 Å². The summed E-state index contributed by atoms with van der Waals surface area (Å²) >= 11 is 5.72. The molecule has 0 aliphatic rings. The number of alkyl halides is 3. The molecule has 0 fully saturated rings. The number of benzene rings is 2. The molecule has 0 radical (unpaired) electrons. The maximum absolute atomic E-state index is 14.0. The number of hydrogen-bond donors (Lipinski definition) is 1. The smallest absolute Gasteiger partial charge is 0.416 e. The third-order valence-electron chi connectivity index (χ3n) is 3.91. The molecule has 1 unspecified atom stereocenters. The van der Waals surface area contributed by atoms with Crippen molar-refractivity contribution in [2.75, 3.05) is 11.6 Å². The number of nitrogens with two attached hydrogens (primary N) is 1. The van der Waals surface area contributed by atoms with Gasteiger partial charge in [-0.3, -0.25) is 9.59 Å². The van der Waals surface area contributed by atoms with E-state index in [1.807, 2.05) is 0 Å². The highest BCUT2D eigenvalue weighted by Crippen LogP contribution is 2.38. The van der Waals surface area contributed by atoms with Gasteiger partial charge in [-0.25, -0.2) is 15.2 Å². The molecule has 30 heavy (non-hydrogen) atoms. The SMILES string of the molecule is CCOC(=O)C(C)C(=O)N(N)c1ccc(Oc2c(F)cc(C(F)(F)F)cc2Cl)cc1. The zero-order chi connectivity index (χ0) is 22.6. The number of carbonyl (C=O) groups excluding carboxylic acids is 2. The van der Waals surface area contributed by atoms with Gasteiger partial charge >= 0.3 is 12.1 Å². The second-order valence-electron chi connectivity index (χ2n) is 6.04. The van der Waals surface area contributed by atoms with Crippen LogP contribution in [-0.2, 0) is 20.5 Å². The lowest BCUT2D eigenvalue weighted by Gasteiger charge is -2.20. The van der Waals surface area contributed by atoms with Crippen LogP contribution in [0.15, 0.2) is 36.4 Å². The number of nitrogens with zero attached hydrogens (tertiary/aromatic N) is 1. The van der Waals surface area contributed by atoms with Crippen molar-refractivity contribution >= 4 is 29.2 Å². The van der Waals surface area contributed by atoms with Gasteiger partial charge < -0.3 is 9.47 Å². The van der Waals surface area contributed by atoms with Gasteiger partial charge in [-0.2, -0.15) is 13.2 Å². The molecule has 2 rings (SSSR count). The van der Waals surface area contributed by atoms with Crippen LogP contribution in [0.3, 0.4) is 0 Å². The number of rotatable bonds is 6. The van der Waals surface area contributed by atoms with Gasteiger partial charge in [0.15, 0.2) is 11.6 Å². The summed E-state index contributed by atoms with van der Waals surface area (Å²) < 4.78 is 62.1. The summed E-state index contributed by atoms with van der Waals surface area (Å²) in [4.78, 5) is 23.9. The summed E-state index contributed by atoms with van der Waals surface area (Å²) in [6.07, 6.45) is -4.76. The van der Waals surface area contributed by atoms with E-state index in [0.717, 1.165) is 5.01 Å². The number of amides is 1. The quantitative estimate of drug-likeness (QED) is 0.173. The van der Waals surface area contributed by atoms with Crippen molar-refractivity contribution in [1.29, 1.82) is 0 Å². The highest BCUT2D eigenvalue weighted by atomic mass is 35.5. The van der Waals surface area contributed by atoms with Gasteiger partial charge in [0.05, 0.1) is 22.9 Å². The second-order valence-corrected chi connectivity index (χ2v) is 6.45. The molecule has 0 saturated carbocycles. The van der Waals surface area contributed by atoms with Crippen molar-refractivity contribution in [1.82, 2.24) is 0 Å². The Hall–Kier alpha value is -2.85. The molecule has 0 aromatic heterocycles. The molecular weight excluding hydrogens is 432 g/mol. The minimum atomic E-state index is -4.76. The van der Waals surface area contributed by atoms with Gasteiger partial charge in [-0.15, -0.1) is 0 Å². The van der Waals surface area contributed by atoms with Gasteiger partial charge in [0.25, 0.3) is 5.91 Å². The maximum atomic E-state index is 14.0. The van der Waals surface area contributed by atoms with Crippen LogP contribution < -0.4 is 15.6 Å². The van der Waals surface area contributed by atoms with E-state index in [4.69, 9.17) is 26.9 Å². The number of hydrogen-bond acceptors (Lipinski definition) is 5. The van der Waals surface area contributed by atoms with Crippen molar-refractivity contribution in [3.8, 4) is 11.5 Å². The van der Waals surface area contributed by atoms with Crippen LogP contribution >= 0.6 is 11.6 Å². The van der Waals surface area contributed by atoms with Gasteiger partial charge in [0.1, 0.15) is 11.7 Å². The highest BCUT2D eigenvalue weighted by Gasteiger charge is 2.33. The van der Waals surface area contributed by atoms with E-state index in [2.05, 4.69) is 0 Å². The van der Waals surface area contributed by atoms with Crippen LogP contribution in [0.1, 0.15) is 19.4 Å². The fourth-order valence-corrected chi connectivity index (χ4v) is 2.56. The number of carbonyl (C=O) groups is 2. The average molecular weight is 449 g/mol. The van der Waals surface area contributed by atoms with E-state index in [1.54, 1.807) is 6.92 Å². The van der Waals surface area contributed by atoms with E-state index >= 15 is 0 Å². The first kappa shape index (κ1) is 23.4. The Labute approximate surface area is 174 Å². The molecule has 11 heteroatoms. The number of anilines is 1. The molecule has 0 saturated heterocycles. The lowest BCUT2D eigenvalue weighted by Crippen LogP contribution is -2.43. The first-order chi connectivity index (χ1) is 14.0. The number of ether oxygens (including phenoxy) is 2. The molecule has 2 aromatic rings. The van der Waals surface area contributed by atoms with E-state index in [0.29, 0.717) is 6.07 Å². The molecule has 1 atom stereocenters. The highest BCUT2D eigenvalue weighted by molar-refractivity contribution is 6.32. The number of esters is 1. The third-order valence-corrected chi connectivity index (χ3v) is 4.19. The minimum absolute atomic E-state index is 0.0265. The summed E-state index contributed by atoms with van der Waals surface area (Å²) in [5.74, 6) is 1.29. The molecule has 2 N–H and O–H groups in total. The van der Waals surface area contributed by atoms with Crippen LogP contribution in [0.4, 0.5) is 23.2 Å².